The molecule has 0 spiro atoms. The molecule has 0 aliphatic heterocycles. The van der Waals surface area contributed by atoms with Crippen LogP contribution < -0.4 is 0 Å². The van der Waals surface area contributed by atoms with Crippen molar-refractivity contribution in [3.8, 4) is 11.3 Å². The van der Waals surface area contributed by atoms with Gasteiger partial charge in [-0.1, -0.05) is 53.1 Å². The number of rotatable bonds is 3. The normalized spacial score (nSPS) is 10.7. The maximum Gasteiger partial charge on any atom is 0.0704 e. The van der Waals surface area contributed by atoms with Crippen molar-refractivity contribution in [3.63, 3.8) is 0 Å². The van der Waals surface area contributed by atoms with Crippen LogP contribution in [0.15, 0.2) is 60.8 Å². The van der Waals surface area contributed by atoms with E-state index in [1.807, 2.05) is 18.3 Å². The molecule has 0 aliphatic rings. The van der Waals surface area contributed by atoms with E-state index < -0.39 is 0 Å². The number of hydrogen-bond donors (Lipinski definition) is 0. The number of nitrogens with zero attached hydrogens (tertiary/aromatic N) is 1. The van der Waals surface area contributed by atoms with Crippen molar-refractivity contribution in [2.45, 2.75) is 27.2 Å². The molecule has 0 N–H and O–H groups in total. The highest BCUT2D eigenvalue weighted by Gasteiger charge is 2.08. The van der Waals surface area contributed by atoms with Crippen LogP contribution in [0.2, 0.25) is 0 Å². The van der Waals surface area contributed by atoms with E-state index in [-0.39, 0.29) is 0 Å². The van der Waals surface area contributed by atoms with Gasteiger partial charge < -0.3 is 0 Å². The third-order valence-electron chi connectivity index (χ3n) is 3.88. The van der Waals surface area contributed by atoms with Crippen LogP contribution in [0, 0.1) is 20.8 Å². The number of aryl methyl sites for hydroxylation is 3. The summed E-state index contributed by atoms with van der Waals surface area (Å²) in [6.07, 6.45) is 2.80. The zero-order chi connectivity index (χ0) is 15.5. The fourth-order valence-corrected chi connectivity index (χ4v) is 3.00. The molecule has 110 valence electrons. The van der Waals surface area contributed by atoms with Gasteiger partial charge in [0.1, 0.15) is 0 Å². The third kappa shape index (κ3) is 3.25. The molecule has 0 amide bonds. The largest absolute Gasteiger partial charge is 0.256 e. The molecule has 0 bridgehead atoms. The molecule has 2 aromatic carbocycles. The topological polar surface area (TPSA) is 12.9 Å². The summed E-state index contributed by atoms with van der Waals surface area (Å²) in [4.78, 5) is 4.53. The van der Waals surface area contributed by atoms with E-state index >= 15 is 0 Å². The van der Waals surface area contributed by atoms with Crippen LogP contribution in [-0.4, -0.2) is 4.98 Å². The fourth-order valence-electron chi connectivity index (χ4n) is 3.00. The average molecular weight is 287 g/mol. The molecule has 3 rings (SSSR count). The van der Waals surface area contributed by atoms with E-state index in [1.165, 1.54) is 33.4 Å². The zero-order valence-corrected chi connectivity index (χ0v) is 13.4. The summed E-state index contributed by atoms with van der Waals surface area (Å²) in [5, 5.41) is 0. The van der Waals surface area contributed by atoms with E-state index in [2.05, 4.69) is 68.2 Å². The van der Waals surface area contributed by atoms with Gasteiger partial charge in [0.25, 0.3) is 0 Å². The van der Waals surface area contributed by atoms with E-state index in [4.69, 9.17) is 0 Å². The van der Waals surface area contributed by atoms with Gasteiger partial charge in [0.05, 0.1) is 5.69 Å². The van der Waals surface area contributed by atoms with Crippen LogP contribution in [0.25, 0.3) is 11.3 Å². The summed E-state index contributed by atoms with van der Waals surface area (Å²) in [6.45, 7) is 6.45. The van der Waals surface area contributed by atoms with Gasteiger partial charge in [-0.15, -0.1) is 0 Å². The molecule has 1 heterocycles. The Hall–Kier alpha value is -2.41. The molecule has 1 nitrogen and oxygen atoms in total. The average Bonchev–Trinajstić information content (AvgIpc) is 2.49. The second-order valence-corrected chi connectivity index (χ2v) is 6.05. The minimum absolute atomic E-state index is 0.939. The van der Waals surface area contributed by atoms with Crippen molar-refractivity contribution in [3.05, 3.63) is 88.6 Å². The smallest absolute Gasteiger partial charge is 0.0704 e. The van der Waals surface area contributed by atoms with E-state index in [0.29, 0.717) is 0 Å². The number of benzene rings is 2. The first-order chi connectivity index (χ1) is 10.6. The van der Waals surface area contributed by atoms with E-state index in [1.54, 1.807) is 0 Å². The second-order valence-electron chi connectivity index (χ2n) is 6.05. The molecule has 0 saturated carbocycles. The monoisotopic (exact) mass is 287 g/mol. The van der Waals surface area contributed by atoms with Crippen molar-refractivity contribution in [2.24, 2.45) is 0 Å². The summed E-state index contributed by atoms with van der Waals surface area (Å²) in [5.41, 5.74) is 8.88. The van der Waals surface area contributed by atoms with Gasteiger partial charge in [-0.25, -0.2) is 0 Å². The molecular weight excluding hydrogens is 266 g/mol. The van der Waals surface area contributed by atoms with Crippen LogP contribution in [0.5, 0.6) is 0 Å². The lowest BCUT2D eigenvalue weighted by molar-refractivity contribution is 1.16. The van der Waals surface area contributed by atoms with Crippen molar-refractivity contribution in [1.82, 2.24) is 4.98 Å². The molecular formula is C21H21N. The minimum atomic E-state index is 0.939. The molecule has 0 atom stereocenters. The van der Waals surface area contributed by atoms with Crippen molar-refractivity contribution >= 4 is 0 Å². The lowest BCUT2D eigenvalue weighted by atomic mass is 9.94. The maximum atomic E-state index is 4.53. The molecule has 22 heavy (non-hydrogen) atoms. The van der Waals surface area contributed by atoms with Crippen LogP contribution in [0.4, 0.5) is 0 Å². The minimum Gasteiger partial charge on any atom is -0.256 e. The maximum absolute atomic E-state index is 4.53. The van der Waals surface area contributed by atoms with Crippen LogP contribution in [-0.2, 0) is 6.42 Å². The summed E-state index contributed by atoms with van der Waals surface area (Å²) in [5.74, 6) is 0. The van der Waals surface area contributed by atoms with Crippen molar-refractivity contribution in [1.29, 1.82) is 0 Å². The van der Waals surface area contributed by atoms with E-state index in [0.717, 1.165) is 12.1 Å². The van der Waals surface area contributed by atoms with Gasteiger partial charge in [0.2, 0.25) is 0 Å². The Kier molecular flexibility index (Phi) is 4.06. The Labute approximate surface area is 132 Å². The molecule has 1 heteroatoms. The summed E-state index contributed by atoms with van der Waals surface area (Å²) >= 11 is 0. The van der Waals surface area contributed by atoms with Gasteiger partial charge in [-0.3, -0.25) is 4.98 Å². The highest BCUT2D eigenvalue weighted by molar-refractivity contribution is 5.65. The fraction of sp³-hybridized carbons (Fsp3) is 0.190. The van der Waals surface area contributed by atoms with Crippen LogP contribution in [0.1, 0.15) is 27.8 Å². The number of pyridine rings is 1. The highest BCUT2D eigenvalue weighted by atomic mass is 14.7. The zero-order valence-electron chi connectivity index (χ0n) is 13.4. The first-order valence-electron chi connectivity index (χ1n) is 7.70. The van der Waals surface area contributed by atoms with Gasteiger partial charge in [-0.2, -0.15) is 0 Å². The SMILES string of the molecule is Cc1cc(C)cc(Cc2ccc(C)cc2-c2ccccn2)c1. The predicted octanol–water partition coefficient (Wildman–Crippen LogP) is 5.26. The molecule has 0 saturated heterocycles. The van der Waals surface area contributed by atoms with Crippen LogP contribution >= 0.6 is 0 Å². The van der Waals surface area contributed by atoms with Gasteiger partial charge in [0, 0.05) is 11.8 Å². The van der Waals surface area contributed by atoms with Gasteiger partial charge >= 0.3 is 0 Å². The first kappa shape index (κ1) is 14.5. The van der Waals surface area contributed by atoms with Crippen molar-refractivity contribution < 1.29 is 0 Å². The molecule has 3 aromatic rings. The number of hydrogen-bond acceptors (Lipinski definition) is 1. The lowest BCUT2D eigenvalue weighted by Gasteiger charge is -2.12. The Morgan fingerprint density at radius 3 is 2.23 bits per heavy atom. The Balaban J connectivity index is 2.04. The summed E-state index contributed by atoms with van der Waals surface area (Å²) < 4.78 is 0. The Morgan fingerprint density at radius 1 is 0.773 bits per heavy atom. The molecule has 0 fully saturated rings. The Morgan fingerprint density at radius 2 is 1.55 bits per heavy atom. The van der Waals surface area contributed by atoms with Gasteiger partial charge in [0.15, 0.2) is 0 Å². The molecule has 0 unspecified atom stereocenters. The highest BCUT2D eigenvalue weighted by Crippen LogP contribution is 2.26. The summed E-state index contributed by atoms with van der Waals surface area (Å²) in [6, 6.07) is 19.5. The predicted molar refractivity (Wildman–Crippen MR) is 93.1 cm³/mol. The van der Waals surface area contributed by atoms with Crippen LogP contribution in [0.3, 0.4) is 0 Å². The molecule has 1 aromatic heterocycles. The quantitative estimate of drug-likeness (QED) is 0.640. The van der Waals surface area contributed by atoms with Crippen molar-refractivity contribution in [2.75, 3.05) is 0 Å². The molecule has 0 aliphatic carbocycles. The van der Waals surface area contributed by atoms with E-state index in [9.17, 15) is 0 Å². The molecule has 0 radical (unpaired) electrons. The third-order valence-corrected chi connectivity index (χ3v) is 3.88. The standard InChI is InChI=1S/C21H21N/c1-15-7-8-19(14-18-11-16(2)10-17(3)12-18)20(13-15)21-6-4-5-9-22-21/h4-13H,14H2,1-3H3. The second kappa shape index (κ2) is 6.15. The van der Waals surface area contributed by atoms with Gasteiger partial charge in [-0.05, 0) is 56.5 Å². The lowest BCUT2D eigenvalue weighted by Crippen LogP contribution is -1.95. The first-order valence-corrected chi connectivity index (χ1v) is 7.70. The number of aromatic nitrogens is 1. The summed E-state index contributed by atoms with van der Waals surface area (Å²) in [7, 11) is 0. The Bertz CT molecular complexity index is 768.